The quantitative estimate of drug-likeness (QED) is 0.453. The van der Waals surface area contributed by atoms with E-state index in [1.54, 1.807) is 26.3 Å². The molecule has 0 saturated heterocycles. The van der Waals surface area contributed by atoms with Gasteiger partial charge in [0.05, 0.1) is 0 Å². The lowest BCUT2D eigenvalue weighted by Crippen LogP contribution is -2.39. The fraction of sp³-hybridized carbons (Fsp3) is 0.500. The lowest BCUT2D eigenvalue weighted by Gasteiger charge is -2.12. The average molecular weight is 346 g/mol. The summed E-state index contributed by atoms with van der Waals surface area (Å²) in [4.78, 5) is 4.11. The fourth-order valence-corrected chi connectivity index (χ4v) is 2.10. The van der Waals surface area contributed by atoms with E-state index in [1.165, 1.54) is 6.07 Å². The molecule has 0 atom stereocenters. The maximum atomic E-state index is 13.6. The molecule has 0 unspecified atom stereocenters. The lowest BCUT2D eigenvalue weighted by molar-refractivity contribution is 0.195. The number of hydrogen-bond donors (Lipinski definition) is 2. The van der Waals surface area contributed by atoms with Gasteiger partial charge < -0.3 is 15.4 Å². The first-order valence-corrected chi connectivity index (χ1v) is 7.34. The number of aliphatic imine (C=N–C) groups is 1. The molecule has 0 amide bonds. The highest BCUT2D eigenvalue weighted by molar-refractivity contribution is 9.10. The third-order valence-electron chi connectivity index (χ3n) is 2.74. The van der Waals surface area contributed by atoms with Crippen molar-refractivity contribution in [3.63, 3.8) is 0 Å². The van der Waals surface area contributed by atoms with Crippen LogP contribution in [0.5, 0.6) is 0 Å². The van der Waals surface area contributed by atoms with Gasteiger partial charge in [-0.2, -0.15) is 0 Å². The summed E-state index contributed by atoms with van der Waals surface area (Å²) in [6, 6.07) is 4.96. The SMILES string of the molecule is CN=C(NCCCOC)NCCc1cc(Br)ccc1F. The minimum absolute atomic E-state index is 0.182. The Bertz CT molecular complexity index is 440. The van der Waals surface area contributed by atoms with E-state index in [-0.39, 0.29) is 5.82 Å². The summed E-state index contributed by atoms with van der Waals surface area (Å²) in [5, 5.41) is 6.33. The maximum Gasteiger partial charge on any atom is 0.190 e. The maximum absolute atomic E-state index is 13.6. The van der Waals surface area contributed by atoms with Gasteiger partial charge >= 0.3 is 0 Å². The Morgan fingerprint density at radius 1 is 1.35 bits per heavy atom. The molecule has 4 nitrogen and oxygen atoms in total. The molecule has 112 valence electrons. The summed E-state index contributed by atoms with van der Waals surface area (Å²) in [5.74, 6) is 0.537. The molecule has 20 heavy (non-hydrogen) atoms. The summed E-state index contributed by atoms with van der Waals surface area (Å²) in [5.41, 5.74) is 0.682. The van der Waals surface area contributed by atoms with Gasteiger partial charge in [0.15, 0.2) is 5.96 Å². The smallest absolute Gasteiger partial charge is 0.190 e. The summed E-state index contributed by atoms with van der Waals surface area (Å²) in [6.45, 7) is 2.13. The predicted octanol–water partition coefficient (Wildman–Crippen LogP) is 2.33. The van der Waals surface area contributed by atoms with Gasteiger partial charge in [-0.15, -0.1) is 0 Å². The molecule has 0 aromatic heterocycles. The minimum Gasteiger partial charge on any atom is -0.385 e. The summed E-state index contributed by atoms with van der Waals surface area (Å²) in [6.07, 6.45) is 1.52. The number of methoxy groups -OCH3 is 1. The van der Waals surface area contributed by atoms with Crippen molar-refractivity contribution in [1.82, 2.24) is 10.6 Å². The van der Waals surface area contributed by atoms with Crippen LogP contribution in [0, 0.1) is 5.82 Å². The van der Waals surface area contributed by atoms with Crippen LogP contribution in [0.15, 0.2) is 27.7 Å². The number of nitrogens with zero attached hydrogens (tertiary/aromatic N) is 1. The van der Waals surface area contributed by atoms with Crippen molar-refractivity contribution in [1.29, 1.82) is 0 Å². The van der Waals surface area contributed by atoms with Crippen LogP contribution >= 0.6 is 15.9 Å². The van der Waals surface area contributed by atoms with Gasteiger partial charge in [-0.1, -0.05) is 15.9 Å². The Balaban J connectivity index is 2.32. The van der Waals surface area contributed by atoms with Crippen molar-refractivity contribution in [3.8, 4) is 0 Å². The van der Waals surface area contributed by atoms with Crippen molar-refractivity contribution < 1.29 is 9.13 Å². The molecule has 1 aromatic carbocycles. The van der Waals surface area contributed by atoms with Gasteiger partial charge in [-0.3, -0.25) is 4.99 Å². The zero-order chi connectivity index (χ0) is 14.8. The Hall–Kier alpha value is -1.14. The fourth-order valence-electron chi connectivity index (χ4n) is 1.69. The van der Waals surface area contributed by atoms with Crippen LogP contribution < -0.4 is 10.6 Å². The number of rotatable bonds is 7. The van der Waals surface area contributed by atoms with Crippen molar-refractivity contribution in [3.05, 3.63) is 34.1 Å². The molecule has 6 heteroatoms. The molecular formula is C14H21BrFN3O. The molecular weight excluding hydrogens is 325 g/mol. The van der Waals surface area contributed by atoms with Crippen LogP contribution in [-0.4, -0.2) is 39.8 Å². The van der Waals surface area contributed by atoms with E-state index in [2.05, 4.69) is 31.6 Å². The summed E-state index contributed by atoms with van der Waals surface area (Å²) >= 11 is 3.34. The largest absolute Gasteiger partial charge is 0.385 e. The van der Waals surface area contributed by atoms with E-state index in [0.29, 0.717) is 25.1 Å². The number of halogens is 2. The first-order valence-electron chi connectivity index (χ1n) is 6.54. The van der Waals surface area contributed by atoms with Gasteiger partial charge in [-0.05, 0) is 36.6 Å². The molecule has 0 aliphatic rings. The molecule has 2 N–H and O–H groups in total. The molecule has 1 rings (SSSR count). The normalized spacial score (nSPS) is 11.5. The van der Waals surface area contributed by atoms with Crippen molar-refractivity contribution in [2.24, 2.45) is 4.99 Å². The number of guanidine groups is 1. The highest BCUT2D eigenvalue weighted by atomic mass is 79.9. The number of nitrogens with one attached hydrogen (secondary N) is 2. The zero-order valence-corrected chi connectivity index (χ0v) is 13.5. The number of hydrogen-bond acceptors (Lipinski definition) is 2. The molecule has 0 saturated carbocycles. The number of benzene rings is 1. The van der Waals surface area contributed by atoms with Gasteiger partial charge in [0.2, 0.25) is 0 Å². The van der Waals surface area contributed by atoms with Crippen molar-refractivity contribution >= 4 is 21.9 Å². The second kappa shape index (κ2) is 9.72. The number of ether oxygens (including phenoxy) is 1. The average Bonchev–Trinajstić information content (AvgIpc) is 2.45. The lowest BCUT2D eigenvalue weighted by atomic mass is 10.1. The van der Waals surface area contributed by atoms with Crippen molar-refractivity contribution in [2.75, 3.05) is 33.9 Å². The van der Waals surface area contributed by atoms with Crippen LogP contribution in [0.2, 0.25) is 0 Å². The molecule has 1 aromatic rings. The van der Waals surface area contributed by atoms with Crippen LogP contribution in [0.25, 0.3) is 0 Å². The molecule has 0 fully saturated rings. The Morgan fingerprint density at radius 3 is 2.80 bits per heavy atom. The van der Waals surface area contributed by atoms with Gasteiger partial charge in [0.25, 0.3) is 0 Å². The highest BCUT2D eigenvalue weighted by Gasteiger charge is 2.03. The van der Waals surface area contributed by atoms with Gasteiger partial charge in [0.1, 0.15) is 5.82 Å². The monoisotopic (exact) mass is 345 g/mol. The van der Waals surface area contributed by atoms with Crippen LogP contribution in [0.4, 0.5) is 4.39 Å². The molecule has 0 heterocycles. The van der Waals surface area contributed by atoms with Crippen LogP contribution in [0.1, 0.15) is 12.0 Å². The molecule has 0 spiro atoms. The van der Waals surface area contributed by atoms with Gasteiger partial charge in [-0.25, -0.2) is 4.39 Å². The molecule has 0 aliphatic heterocycles. The third kappa shape index (κ3) is 6.34. The van der Waals surface area contributed by atoms with E-state index in [0.717, 1.165) is 23.4 Å². The Kier molecular flexibility index (Phi) is 8.22. The van der Waals surface area contributed by atoms with E-state index in [9.17, 15) is 4.39 Å². The van der Waals surface area contributed by atoms with Gasteiger partial charge in [0, 0.05) is 38.3 Å². The first kappa shape index (κ1) is 16.9. The summed E-state index contributed by atoms with van der Waals surface area (Å²) in [7, 11) is 3.39. The summed E-state index contributed by atoms with van der Waals surface area (Å²) < 4.78 is 19.4. The van der Waals surface area contributed by atoms with E-state index >= 15 is 0 Å². The van der Waals surface area contributed by atoms with Crippen molar-refractivity contribution in [2.45, 2.75) is 12.8 Å². The first-order chi connectivity index (χ1) is 9.67. The Morgan fingerprint density at radius 2 is 2.10 bits per heavy atom. The molecule has 0 aliphatic carbocycles. The predicted molar refractivity (Wildman–Crippen MR) is 83.7 cm³/mol. The van der Waals surface area contributed by atoms with E-state index in [4.69, 9.17) is 4.74 Å². The second-order valence-electron chi connectivity index (χ2n) is 4.26. The minimum atomic E-state index is -0.182. The van der Waals surface area contributed by atoms with Crippen LogP contribution in [-0.2, 0) is 11.2 Å². The molecule has 0 radical (unpaired) electrons. The van der Waals surface area contributed by atoms with E-state index in [1.807, 2.05) is 0 Å². The van der Waals surface area contributed by atoms with Crippen LogP contribution in [0.3, 0.4) is 0 Å². The highest BCUT2D eigenvalue weighted by Crippen LogP contribution is 2.15. The molecule has 0 bridgehead atoms. The Labute approximate surface area is 127 Å². The topological polar surface area (TPSA) is 45.7 Å². The third-order valence-corrected chi connectivity index (χ3v) is 3.23. The standard InChI is InChI=1S/C14H21BrFN3O/c1-17-14(18-7-3-9-20-2)19-8-6-11-10-12(15)4-5-13(11)16/h4-5,10H,3,6-9H2,1-2H3,(H2,17,18,19). The second-order valence-corrected chi connectivity index (χ2v) is 5.17. The van der Waals surface area contributed by atoms with E-state index < -0.39 is 0 Å². The zero-order valence-electron chi connectivity index (χ0n) is 11.9.